The second-order valence-corrected chi connectivity index (χ2v) is 5.22. The SMILES string of the molecule is CCOc1ccc(CNC(=O)Nc2ccccc2Br)cc1. The van der Waals surface area contributed by atoms with Crippen LogP contribution in [-0.2, 0) is 6.54 Å². The smallest absolute Gasteiger partial charge is 0.319 e. The summed E-state index contributed by atoms with van der Waals surface area (Å²) in [5.74, 6) is 0.832. The molecule has 0 aliphatic heterocycles. The first kappa shape index (κ1) is 15.4. The van der Waals surface area contributed by atoms with Crippen molar-refractivity contribution in [2.24, 2.45) is 0 Å². The van der Waals surface area contributed by atoms with E-state index in [2.05, 4.69) is 26.6 Å². The number of anilines is 1. The third-order valence-corrected chi connectivity index (χ3v) is 3.50. The number of nitrogens with one attached hydrogen (secondary N) is 2. The van der Waals surface area contributed by atoms with Gasteiger partial charge in [0.25, 0.3) is 0 Å². The lowest BCUT2D eigenvalue weighted by atomic mass is 10.2. The van der Waals surface area contributed by atoms with Gasteiger partial charge in [-0.2, -0.15) is 0 Å². The standard InChI is InChI=1S/C16H17BrN2O2/c1-2-21-13-9-7-12(8-10-13)11-18-16(20)19-15-6-4-3-5-14(15)17/h3-10H,2,11H2,1H3,(H2,18,19,20). The maximum atomic E-state index is 11.8. The number of rotatable bonds is 5. The van der Waals surface area contributed by atoms with E-state index in [9.17, 15) is 4.79 Å². The average molecular weight is 349 g/mol. The van der Waals surface area contributed by atoms with Gasteiger partial charge in [-0.1, -0.05) is 24.3 Å². The Kier molecular flexibility index (Phi) is 5.63. The summed E-state index contributed by atoms with van der Waals surface area (Å²) in [6.45, 7) is 3.05. The van der Waals surface area contributed by atoms with Gasteiger partial charge in [-0.25, -0.2) is 4.79 Å². The molecule has 0 radical (unpaired) electrons. The van der Waals surface area contributed by atoms with E-state index in [1.807, 2.05) is 55.5 Å². The quantitative estimate of drug-likeness (QED) is 0.851. The van der Waals surface area contributed by atoms with Gasteiger partial charge < -0.3 is 15.4 Å². The summed E-state index contributed by atoms with van der Waals surface area (Å²) >= 11 is 3.39. The lowest BCUT2D eigenvalue weighted by Gasteiger charge is -2.09. The molecule has 2 aromatic rings. The van der Waals surface area contributed by atoms with Crippen molar-refractivity contribution in [3.8, 4) is 5.75 Å². The van der Waals surface area contributed by atoms with E-state index in [1.165, 1.54) is 0 Å². The Labute approximate surface area is 132 Å². The molecule has 21 heavy (non-hydrogen) atoms. The van der Waals surface area contributed by atoms with Gasteiger partial charge >= 0.3 is 6.03 Å². The van der Waals surface area contributed by atoms with Crippen LogP contribution in [0.5, 0.6) is 5.75 Å². The van der Waals surface area contributed by atoms with Crippen LogP contribution in [0.2, 0.25) is 0 Å². The summed E-state index contributed by atoms with van der Waals surface area (Å²) in [5.41, 5.74) is 1.75. The van der Waals surface area contributed by atoms with Gasteiger partial charge in [0.1, 0.15) is 5.75 Å². The molecule has 0 aliphatic carbocycles. The Morgan fingerprint density at radius 1 is 1.14 bits per heavy atom. The highest BCUT2D eigenvalue weighted by atomic mass is 79.9. The molecule has 0 aliphatic rings. The molecule has 2 N–H and O–H groups in total. The van der Waals surface area contributed by atoms with Crippen LogP contribution in [0.25, 0.3) is 0 Å². The Morgan fingerprint density at radius 3 is 2.52 bits per heavy atom. The number of amides is 2. The fourth-order valence-electron chi connectivity index (χ4n) is 1.78. The predicted octanol–water partition coefficient (Wildman–Crippen LogP) is 4.17. The molecule has 4 nitrogen and oxygen atoms in total. The largest absolute Gasteiger partial charge is 0.494 e. The zero-order chi connectivity index (χ0) is 15.1. The molecule has 0 saturated heterocycles. The molecule has 2 aromatic carbocycles. The second-order valence-electron chi connectivity index (χ2n) is 4.36. The van der Waals surface area contributed by atoms with Crippen molar-refractivity contribution >= 4 is 27.6 Å². The minimum Gasteiger partial charge on any atom is -0.494 e. The maximum Gasteiger partial charge on any atom is 0.319 e. The van der Waals surface area contributed by atoms with Crippen molar-refractivity contribution in [3.05, 3.63) is 58.6 Å². The molecular weight excluding hydrogens is 332 g/mol. The highest BCUT2D eigenvalue weighted by molar-refractivity contribution is 9.10. The van der Waals surface area contributed by atoms with Gasteiger partial charge in [0.05, 0.1) is 12.3 Å². The van der Waals surface area contributed by atoms with Crippen molar-refractivity contribution in [3.63, 3.8) is 0 Å². The first-order valence-corrected chi connectivity index (χ1v) is 7.49. The van der Waals surface area contributed by atoms with E-state index >= 15 is 0 Å². The summed E-state index contributed by atoms with van der Waals surface area (Å²) in [7, 11) is 0. The van der Waals surface area contributed by atoms with E-state index in [1.54, 1.807) is 0 Å². The van der Waals surface area contributed by atoms with Gasteiger partial charge in [0.2, 0.25) is 0 Å². The van der Waals surface area contributed by atoms with Crippen LogP contribution in [0.1, 0.15) is 12.5 Å². The molecule has 0 unspecified atom stereocenters. The van der Waals surface area contributed by atoms with Crippen LogP contribution in [0.3, 0.4) is 0 Å². The fourth-order valence-corrected chi connectivity index (χ4v) is 2.17. The second kappa shape index (κ2) is 7.69. The first-order valence-electron chi connectivity index (χ1n) is 6.70. The fraction of sp³-hybridized carbons (Fsp3) is 0.188. The van der Waals surface area contributed by atoms with Gasteiger partial charge in [0.15, 0.2) is 0 Å². The van der Waals surface area contributed by atoms with Crippen LogP contribution in [0.4, 0.5) is 10.5 Å². The Morgan fingerprint density at radius 2 is 1.86 bits per heavy atom. The van der Waals surface area contributed by atoms with E-state index < -0.39 is 0 Å². The molecule has 110 valence electrons. The van der Waals surface area contributed by atoms with E-state index in [-0.39, 0.29) is 6.03 Å². The number of carbonyl (C=O) groups excluding carboxylic acids is 1. The molecule has 0 fully saturated rings. The Bertz CT molecular complexity index is 599. The van der Waals surface area contributed by atoms with Crippen LogP contribution in [-0.4, -0.2) is 12.6 Å². The number of benzene rings is 2. The molecule has 5 heteroatoms. The van der Waals surface area contributed by atoms with E-state index in [4.69, 9.17) is 4.74 Å². The molecular formula is C16H17BrN2O2. The highest BCUT2D eigenvalue weighted by Crippen LogP contribution is 2.20. The zero-order valence-electron chi connectivity index (χ0n) is 11.7. The Balaban J connectivity index is 1.85. The molecule has 0 bridgehead atoms. The summed E-state index contributed by atoms with van der Waals surface area (Å²) in [6, 6.07) is 14.9. The van der Waals surface area contributed by atoms with Crippen molar-refractivity contribution in [2.45, 2.75) is 13.5 Å². The number of carbonyl (C=O) groups is 1. The van der Waals surface area contributed by atoms with Crippen LogP contribution in [0, 0.1) is 0 Å². The molecule has 0 aromatic heterocycles. The number of halogens is 1. The molecule has 2 rings (SSSR count). The number of ether oxygens (including phenoxy) is 1. The first-order chi connectivity index (χ1) is 10.2. The minimum absolute atomic E-state index is 0.240. The van der Waals surface area contributed by atoms with Crippen molar-refractivity contribution in [1.82, 2.24) is 5.32 Å². The summed E-state index contributed by atoms with van der Waals surface area (Å²) in [4.78, 5) is 11.8. The lowest BCUT2D eigenvalue weighted by molar-refractivity contribution is 0.251. The molecule has 0 saturated carbocycles. The van der Waals surface area contributed by atoms with E-state index in [0.29, 0.717) is 13.2 Å². The molecule has 2 amide bonds. The monoisotopic (exact) mass is 348 g/mol. The van der Waals surface area contributed by atoms with Gasteiger partial charge in [-0.05, 0) is 52.7 Å². The lowest BCUT2D eigenvalue weighted by Crippen LogP contribution is -2.28. The number of hydrogen-bond donors (Lipinski definition) is 2. The van der Waals surface area contributed by atoms with Crippen LogP contribution < -0.4 is 15.4 Å². The predicted molar refractivity (Wildman–Crippen MR) is 87.6 cm³/mol. The molecule has 0 spiro atoms. The Hall–Kier alpha value is -2.01. The molecule has 0 heterocycles. The normalized spacial score (nSPS) is 10.0. The van der Waals surface area contributed by atoms with Crippen LogP contribution in [0.15, 0.2) is 53.0 Å². The van der Waals surface area contributed by atoms with Crippen molar-refractivity contribution < 1.29 is 9.53 Å². The number of para-hydroxylation sites is 1. The van der Waals surface area contributed by atoms with Gasteiger partial charge in [0, 0.05) is 11.0 Å². The highest BCUT2D eigenvalue weighted by Gasteiger charge is 2.04. The molecule has 0 atom stereocenters. The number of urea groups is 1. The average Bonchev–Trinajstić information content (AvgIpc) is 2.49. The topological polar surface area (TPSA) is 50.4 Å². The summed E-state index contributed by atoms with van der Waals surface area (Å²) in [5, 5.41) is 5.60. The van der Waals surface area contributed by atoms with Gasteiger partial charge in [-0.15, -0.1) is 0 Å². The van der Waals surface area contributed by atoms with Crippen molar-refractivity contribution in [2.75, 3.05) is 11.9 Å². The van der Waals surface area contributed by atoms with E-state index in [0.717, 1.165) is 21.5 Å². The minimum atomic E-state index is -0.240. The number of hydrogen-bond acceptors (Lipinski definition) is 2. The van der Waals surface area contributed by atoms with Crippen LogP contribution >= 0.6 is 15.9 Å². The maximum absolute atomic E-state index is 11.8. The zero-order valence-corrected chi connectivity index (χ0v) is 13.3. The third kappa shape index (κ3) is 4.79. The van der Waals surface area contributed by atoms with Crippen molar-refractivity contribution in [1.29, 1.82) is 0 Å². The van der Waals surface area contributed by atoms with Gasteiger partial charge in [-0.3, -0.25) is 0 Å². The summed E-state index contributed by atoms with van der Waals surface area (Å²) < 4.78 is 6.22. The third-order valence-electron chi connectivity index (χ3n) is 2.81. The summed E-state index contributed by atoms with van der Waals surface area (Å²) in [6.07, 6.45) is 0.